The van der Waals surface area contributed by atoms with Crippen LogP contribution in [-0.2, 0) is 0 Å². The molecule has 3 nitrogen and oxygen atoms in total. The molecule has 0 amide bonds. The summed E-state index contributed by atoms with van der Waals surface area (Å²) in [5, 5.41) is 3.12. The molecule has 0 aliphatic heterocycles. The van der Waals surface area contributed by atoms with Crippen molar-refractivity contribution in [3.63, 3.8) is 0 Å². The van der Waals surface area contributed by atoms with Crippen molar-refractivity contribution >= 4 is 0 Å². The number of halogens is 2. The Morgan fingerprint density at radius 2 is 2.11 bits per heavy atom. The predicted octanol–water partition coefficient (Wildman–Crippen LogP) is 2.87. The highest BCUT2D eigenvalue weighted by Gasteiger charge is 2.40. The number of hydrogen-bond donors (Lipinski definition) is 1. The minimum absolute atomic E-state index is 0.00294. The van der Waals surface area contributed by atoms with Crippen LogP contribution < -0.4 is 5.32 Å². The van der Waals surface area contributed by atoms with Gasteiger partial charge in [0.05, 0.1) is 6.04 Å². The highest BCUT2D eigenvalue weighted by Crippen LogP contribution is 2.42. The molecule has 2 atom stereocenters. The summed E-state index contributed by atoms with van der Waals surface area (Å²) in [6.45, 7) is 1.93. The summed E-state index contributed by atoms with van der Waals surface area (Å²) in [5.41, 5.74) is 1.00. The van der Waals surface area contributed by atoms with Gasteiger partial charge in [-0.15, -0.1) is 0 Å². The average Bonchev–Trinajstić information content (AvgIpc) is 2.67. The van der Waals surface area contributed by atoms with Gasteiger partial charge >= 0.3 is 0 Å². The molecule has 1 heterocycles. The number of aromatic nitrogens is 2. The minimum Gasteiger partial charge on any atom is -0.310 e. The van der Waals surface area contributed by atoms with Crippen molar-refractivity contribution in [2.75, 3.05) is 7.05 Å². The lowest BCUT2D eigenvalue weighted by Crippen LogP contribution is -2.22. The van der Waals surface area contributed by atoms with Gasteiger partial charge in [0.25, 0.3) is 0 Å². The number of nitrogens with zero attached hydrogens (tertiary/aromatic N) is 2. The van der Waals surface area contributed by atoms with Gasteiger partial charge in [-0.05, 0) is 38.3 Å². The molecule has 0 aromatic carbocycles. The van der Waals surface area contributed by atoms with Gasteiger partial charge in [0.15, 0.2) is 0 Å². The SMILES string of the molecule is CNC(CC1CCC(F)(F)C1)c1ncc(C)cn1. The third kappa shape index (κ3) is 3.22. The number of nitrogens with one attached hydrogen (secondary N) is 1. The first-order chi connectivity index (χ1) is 8.50. The zero-order valence-corrected chi connectivity index (χ0v) is 10.8. The predicted molar refractivity (Wildman–Crippen MR) is 65.5 cm³/mol. The first kappa shape index (κ1) is 13.3. The van der Waals surface area contributed by atoms with E-state index in [1.54, 1.807) is 12.4 Å². The van der Waals surface area contributed by atoms with Gasteiger partial charge < -0.3 is 5.32 Å². The number of aryl methyl sites for hydroxylation is 1. The lowest BCUT2D eigenvalue weighted by molar-refractivity contribution is 0.00429. The summed E-state index contributed by atoms with van der Waals surface area (Å²) in [7, 11) is 1.82. The van der Waals surface area contributed by atoms with Crippen LogP contribution in [0.5, 0.6) is 0 Å². The molecule has 1 aromatic heterocycles. The molecule has 0 bridgehead atoms. The van der Waals surface area contributed by atoms with Crippen LogP contribution in [0.3, 0.4) is 0 Å². The summed E-state index contributed by atoms with van der Waals surface area (Å²) in [4.78, 5) is 8.53. The Hall–Kier alpha value is -1.10. The van der Waals surface area contributed by atoms with Crippen LogP contribution in [0.15, 0.2) is 12.4 Å². The Morgan fingerprint density at radius 1 is 1.44 bits per heavy atom. The van der Waals surface area contributed by atoms with Crippen molar-refractivity contribution in [3.05, 3.63) is 23.8 Å². The van der Waals surface area contributed by atoms with E-state index in [-0.39, 0.29) is 24.8 Å². The monoisotopic (exact) mass is 255 g/mol. The molecule has 1 N–H and O–H groups in total. The fraction of sp³-hybridized carbons (Fsp3) is 0.692. The average molecular weight is 255 g/mol. The Labute approximate surface area is 106 Å². The number of hydrogen-bond acceptors (Lipinski definition) is 3. The maximum absolute atomic E-state index is 13.2. The Bertz CT molecular complexity index is 392. The zero-order chi connectivity index (χ0) is 13.2. The lowest BCUT2D eigenvalue weighted by Gasteiger charge is -2.19. The molecule has 1 aliphatic carbocycles. The molecular weight excluding hydrogens is 236 g/mol. The first-order valence-electron chi connectivity index (χ1n) is 6.34. The largest absolute Gasteiger partial charge is 0.310 e. The van der Waals surface area contributed by atoms with E-state index in [9.17, 15) is 8.78 Å². The van der Waals surface area contributed by atoms with Gasteiger partial charge in [-0.1, -0.05) is 0 Å². The minimum atomic E-state index is -2.48. The van der Waals surface area contributed by atoms with E-state index in [0.717, 1.165) is 5.56 Å². The molecule has 5 heteroatoms. The van der Waals surface area contributed by atoms with Gasteiger partial charge in [-0.3, -0.25) is 0 Å². The van der Waals surface area contributed by atoms with Crippen LogP contribution in [0, 0.1) is 12.8 Å². The molecule has 2 rings (SSSR count). The van der Waals surface area contributed by atoms with Gasteiger partial charge in [0.2, 0.25) is 5.92 Å². The summed E-state index contributed by atoms with van der Waals surface area (Å²) >= 11 is 0. The highest BCUT2D eigenvalue weighted by molar-refractivity contribution is 5.05. The number of rotatable bonds is 4. The zero-order valence-electron chi connectivity index (χ0n) is 10.8. The normalized spacial score (nSPS) is 24.1. The van der Waals surface area contributed by atoms with Gasteiger partial charge in [-0.25, -0.2) is 18.7 Å². The van der Waals surface area contributed by atoms with E-state index in [1.165, 1.54) is 0 Å². The lowest BCUT2D eigenvalue weighted by atomic mass is 9.97. The molecule has 2 unspecified atom stereocenters. The summed E-state index contributed by atoms with van der Waals surface area (Å²) in [6, 6.07) is -0.0375. The summed E-state index contributed by atoms with van der Waals surface area (Å²) in [5.74, 6) is -1.72. The second-order valence-corrected chi connectivity index (χ2v) is 5.16. The van der Waals surface area contributed by atoms with Crippen molar-refractivity contribution in [2.45, 2.75) is 44.6 Å². The molecule has 0 spiro atoms. The van der Waals surface area contributed by atoms with Crippen molar-refractivity contribution < 1.29 is 8.78 Å². The van der Waals surface area contributed by atoms with Crippen molar-refractivity contribution in [2.24, 2.45) is 5.92 Å². The second-order valence-electron chi connectivity index (χ2n) is 5.16. The van der Waals surface area contributed by atoms with Crippen LogP contribution in [0.25, 0.3) is 0 Å². The molecule has 1 fully saturated rings. The van der Waals surface area contributed by atoms with E-state index in [2.05, 4.69) is 15.3 Å². The van der Waals surface area contributed by atoms with E-state index in [0.29, 0.717) is 18.7 Å². The van der Waals surface area contributed by atoms with E-state index >= 15 is 0 Å². The molecular formula is C13H19F2N3. The standard InChI is InChI=1S/C13H19F2N3/c1-9-7-17-12(18-8-9)11(16-2)5-10-3-4-13(14,15)6-10/h7-8,10-11,16H,3-6H2,1-2H3. The van der Waals surface area contributed by atoms with E-state index in [1.807, 2.05) is 14.0 Å². The Morgan fingerprint density at radius 3 is 2.61 bits per heavy atom. The van der Waals surface area contributed by atoms with E-state index < -0.39 is 5.92 Å². The quantitative estimate of drug-likeness (QED) is 0.899. The fourth-order valence-electron chi connectivity index (χ4n) is 2.51. The third-order valence-electron chi connectivity index (χ3n) is 3.54. The van der Waals surface area contributed by atoms with Crippen molar-refractivity contribution in [1.29, 1.82) is 0 Å². The van der Waals surface area contributed by atoms with Crippen LogP contribution in [0.2, 0.25) is 0 Å². The Balaban J connectivity index is 2.00. The smallest absolute Gasteiger partial charge is 0.248 e. The fourth-order valence-corrected chi connectivity index (χ4v) is 2.51. The molecule has 100 valence electrons. The first-order valence-corrected chi connectivity index (χ1v) is 6.34. The van der Waals surface area contributed by atoms with Gasteiger partial charge in [0.1, 0.15) is 5.82 Å². The molecule has 0 saturated heterocycles. The number of alkyl halides is 2. The molecule has 1 saturated carbocycles. The van der Waals surface area contributed by atoms with Crippen LogP contribution in [0.1, 0.15) is 43.1 Å². The Kier molecular flexibility index (Phi) is 3.90. The highest BCUT2D eigenvalue weighted by atomic mass is 19.3. The molecule has 0 radical (unpaired) electrons. The third-order valence-corrected chi connectivity index (χ3v) is 3.54. The van der Waals surface area contributed by atoms with Crippen LogP contribution in [0.4, 0.5) is 8.78 Å². The van der Waals surface area contributed by atoms with Gasteiger partial charge in [0, 0.05) is 25.2 Å². The maximum Gasteiger partial charge on any atom is 0.248 e. The topological polar surface area (TPSA) is 37.8 Å². The van der Waals surface area contributed by atoms with Crippen molar-refractivity contribution in [1.82, 2.24) is 15.3 Å². The molecule has 1 aliphatic rings. The molecule has 1 aromatic rings. The van der Waals surface area contributed by atoms with Gasteiger partial charge in [-0.2, -0.15) is 0 Å². The maximum atomic E-state index is 13.2. The van der Waals surface area contributed by atoms with Crippen molar-refractivity contribution in [3.8, 4) is 0 Å². The van der Waals surface area contributed by atoms with E-state index in [4.69, 9.17) is 0 Å². The van der Waals surface area contributed by atoms with Crippen LogP contribution >= 0.6 is 0 Å². The summed E-state index contributed by atoms with van der Waals surface area (Å²) < 4.78 is 26.3. The molecule has 18 heavy (non-hydrogen) atoms. The van der Waals surface area contributed by atoms with Crippen LogP contribution in [-0.4, -0.2) is 22.9 Å². The summed E-state index contributed by atoms with van der Waals surface area (Å²) in [6.07, 6.45) is 4.80. The second kappa shape index (κ2) is 5.26.